The molecule has 1 aliphatic carbocycles. The van der Waals surface area contributed by atoms with Gasteiger partial charge in [0.05, 0.1) is 5.52 Å². The minimum atomic E-state index is 0.779. The van der Waals surface area contributed by atoms with Crippen LogP contribution in [-0.4, -0.2) is 48.1 Å². The molecule has 1 aromatic heterocycles. The number of benzene rings is 1. The van der Waals surface area contributed by atoms with Crippen molar-refractivity contribution in [2.45, 2.75) is 18.8 Å². The number of hydrogen-bond acceptors (Lipinski definition) is 4. The van der Waals surface area contributed by atoms with Gasteiger partial charge in [-0.15, -0.1) is 0 Å². The van der Waals surface area contributed by atoms with Crippen molar-refractivity contribution in [2.24, 2.45) is 0 Å². The van der Waals surface area contributed by atoms with E-state index < -0.39 is 0 Å². The van der Waals surface area contributed by atoms with E-state index in [1.165, 1.54) is 23.8 Å². The zero-order valence-electron chi connectivity index (χ0n) is 11.9. The van der Waals surface area contributed by atoms with E-state index in [1.807, 2.05) is 0 Å². The molecule has 0 unspecified atom stereocenters. The topological polar surface area (TPSA) is 32.3 Å². The van der Waals surface area contributed by atoms with Gasteiger partial charge >= 0.3 is 0 Å². The van der Waals surface area contributed by atoms with Crippen molar-refractivity contribution in [2.75, 3.05) is 38.1 Å². The summed E-state index contributed by atoms with van der Waals surface area (Å²) in [6.07, 6.45) is 4.39. The molecule has 0 spiro atoms. The van der Waals surface area contributed by atoms with Crippen LogP contribution in [0.2, 0.25) is 0 Å². The highest BCUT2D eigenvalue weighted by Crippen LogP contribution is 2.41. The number of fused-ring (bicyclic) bond motifs is 1. The van der Waals surface area contributed by atoms with Crippen LogP contribution in [-0.2, 0) is 0 Å². The molecule has 20 heavy (non-hydrogen) atoms. The SMILES string of the molecule is CN1CCN(c2ncnc3cc(C4CC4)ccc23)CC1. The number of anilines is 1. The van der Waals surface area contributed by atoms with E-state index >= 15 is 0 Å². The summed E-state index contributed by atoms with van der Waals surface area (Å²) in [5.41, 5.74) is 2.54. The van der Waals surface area contributed by atoms with Gasteiger partial charge in [-0.1, -0.05) is 6.07 Å². The Balaban J connectivity index is 1.72. The van der Waals surface area contributed by atoms with Crippen molar-refractivity contribution in [1.29, 1.82) is 0 Å². The van der Waals surface area contributed by atoms with Crippen LogP contribution in [0.25, 0.3) is 10.9 Å². The molecule has 2 aromatic rings. The van der Waals surface area contributed by atoms with Gasteiger partial charge in [-0.2, -0.15) is 0 Å². The van der Waals surface area contributed by atoms with E-state index in [1.54, 1.807) is 6.33 Å². The zero-order chi connectivity index (χ0) is 13.5. The molecule has 4 nitrogen and oxygen atoms in total. The van der Waals surface area contributed by atoms with Gasteiger partial charge in [0.15, 0.2) is 0 Å². The van der Waals surface area contributed by atoms with Crippen LogP contribution in [0, 0.1) is 0 Å². The predicted octanol–water partition coefficient (Wildman–Crippen LogP) is 2.26. The van der Waals surface area contributed by atoms with Crippen molar-refractivity contribution in [3.05, 3.63) is 30.1 Å². The van der Waals surface area contributed by atoms with Crippen molar-refractivity contribution < 1.29 is 0 Å². The summed E-state index contributed by atoms with van der Waals surface area (Å²) in [5.74, 6) is 1.88. The van der Waals surface area contributed by atoms with Crippen LogP contribution < -0.4 is 4.90 Å². The van der Waals surface area contributed by atoms with Crippen LogP contribution in [0.4, 0.5) is 5.82 Å². The number of nitrogens with zero attached hydrogens (tertiary/aromatic N) is 4. The van der Waals surface area contributed by atoms with Gasteiger partial charge in [0.1, 0.15) is 12.1 Å². The molecule has 0 radical (unpaired) electrons. The maximum absolute atomic E-state index is 4.54. The van der Waals surface area contributed by atoms with E-state index in [4.69, 9.17) is 0 Å². The Morgan fingerprint density at radius 1 is 1.05 bits per heavy atom. The Bertz CT molecular complexity index is 627. The van der Waals surface area contributed by atoms with Gasteiger partial charge in [0, 0.05) is 31.6 Å². The van der Waals surface area contributed by atoms with Crippen LogP contribution in [0.3, 0.4) is 0 Å². The van der Waals surface area contributed by atoms with Gasteiger partial charge < -0.3 is 9.80 Å². The Morgan fingerprint density at radius 3 is 2.60 bits per heavy atom. The van der Waals surface area contributed by atoms with E-state index in [0.717, 1.165) is 43.4 Å². The third kappa shape index (κ3) is 2.14. The molecule has 0 atom stereocenters. The van der Waals surface area contributed by atoms with Crippen LogP contribution in [0.5, 0.6) is 0 Å². The van der Waals surface area contributed by atoms with Gasteiger partial charge in [0.2, 0.25) is 0 Å². The minimum absolute atomic E-state index is 0.779. The molecular formula is C16H20N4. The molecular weight excluding hydrogens is 248 g/mol. The molecule has 4 rings (SSSR count). The molecule has 2 heterocycles. The van der Waals surface area contributed by atoms with E-state index in [0.29, 0.717) is 0 Å². The van der Waals surface area contributed by atoms with E-state index in [-0.39, 0.29) is 0 Å². The normalized spacial score (nSPS) is 20.6. The highest BCUT2D eigenvalue weighted by molar-refractivity contribution is 5.89. The number of likely N-dealkylation sites (N-methyl/N-ethyl adjacent to an activating group) is 1. The molecule has 2 aliphatic rings. The maximum Gasteiger partial charge on any atom is 0.139 e. The standard InChI is InChI=1S/C16H20N4/c1-19-6-8-20(9-7-19)16-14-5-4-13(12-2-3-12)10-15(14)17-11-18-16/h4-5,10-12H,2-3,6-9H2,1H3. The van der Waals surface area contributed by atoms with Crippen LogP contribution >= 0.6 is 0 Å². The van der Waals surface area contributed by atoms with Gasteiger partial charge in [-0.25, -0.2) is 9.97 Å². The molecule has 1 aromatic carbocycles. The zero-order valence-corrected chi connectivity index (χ0v) is 11.9. The second-order valence-corrected chi connectivity index (χ2v) is 6.04. The summed E-state index contributed by atoms with van der Waals surface area (Å²) in [6, 6.07) is 6.74. The van der Waals surface area contributed by atoms with Gasteiger partial charge in [-0.05, 0) is 43.5 Å². The Kier molecular flexibility index (Phi) is 2.84. The number of rotatable bonds is 2. The molecule has 2 fully saturated rings. The molecule has 1 aliphatic heterocycles. The number of hydrogen-bond donors (Lipinski definition) is 0. The van der Waals surface area contributed by atoms with Crippen molar-refractivity contribution >= 4 is 16.7 Å². The molecule has 0 N–H and O–H groups in total. The fourth-order valence-corrected chi connectivity index (χ4v) is 3.00. The molecule has 4 heteroatoms. The largest absolute Gasteiger partial charge is 0.353 e. The summed E-state index contributed by atoms with van der Waals surface area (Å²) < 4.78 is 0. The average Bonchev–Trinajstić information content (AvgIpc) is 3.32. The highest BCUT2D eigenvalue weighted by Gasteiger charge is 2.24. The van der Waals surface area contributed by atoms with Gasteiger partial charge in [0.25, 0.3) is 0 Å². The maximum atomic E-state index is 4.54. The summed E-state index contributed by atoms with van der Waals surface area (Å²) in [6.45, 7) is 4.30. The van der Waals surface area contributed by atoms with Crippen LogP contribution in [0.1, 0.15) is 24.3 Å². The fourth-order valence-electron chi connectivity index (χ4n) is 3.00. The lowest BCUT2D eigenvalue weighted by molar-refractivity contribution is 0.312. The first-order valence-corrected chi connectivity index (χ1v) is 7.49. The first kappa shape index (κ1) is 12.1. The van der Waals surface area contributed by atoms with Crippen molar-refractivity contribution in [3.63, 3.8) is 0 Å². The third-order valence-corrected chi connectivity index (χ3v) is 4.49. The molecule has 104 valence electrons. The number of piperazine rings is 1. The first-order valence-electron chi connectivity index (χ1n) is 7.49. The summed E-state index contributed by atoms with van der Waals surface area (Å²) in [4.78, 5) is 13.8. The molecule has 0 bridgehead atoms. The average molecular weight is 268 g/mol. The quantitative estimate of drug-likeness (QED) is 0.836. The second-order valence-electron chi connectivity index (χ2n) is 6.04. The summed E-state index contributed by atoms with van der Waals surface area (Å²) in [7, 11) is 2.18. The minimum Gasteiger partial charge on any atom is -0.353 e. The Hall–Kier alpha value is -1.68. The smallest absolute Gasteiger partial charge is 0.139 e. The van der Waals surface area contributed by atoms with E-state index in [9.17, 15) is 0 Å². The van der Waals surface area contributed by atoms with Gasteiger partial charge in [-0.3, -0.25) is 0 Å². The van der Waals surface area contributed by atoms with Crippen molar-refractivity contribution in [3.8, 4) is 0 Å². The van der Waals surface area contributed by atoms with Crippen molar-refractivity contribution in [1.82, 2.24) is 14.9 Å². The molecule has 1 saturated carbocycles. The lowest BCUT2D eigenvalue weighted by Gasteiger charge is -2.33. The highest BCUT2D eigenvalue weighted by atomic mass is 15.3. The number of aromatic nitrogens is 2. The first-order chi connectivity index (χ1) is 9.81. The predicted molar refractivity (Wildman–Crippen MR) is 81.2 cm³/mol. The lowest BCUT2D eigenvalue weighted by Crippen LogP contribution is -2.44. The molecule has 0 amide bonds. The summed E-state index contributed by atoms with van der Waals surface area (Å²) in [5, 5.41) is 1.20. The second kappa shape index (κ2) is 4.70. The third-order valence-electron chi connectivity index (χ3n) is 4.49. The fraction of sp³-hybridized carbons (Fsp3) is 0.500. The molecule has 1 saturated heterocycles. The Labute approximate surface area is 119 Å². The Morgan fingerprint density at radius 2 is 1.85 bits per heavy atom. The summed E-state index contributed by atoms with van der Waals surface area (Å²) >= 11 is 0. The monoisotopic (exact) mass is 268 g/mol. The van der Waals surface area contributed by atoms with E-state index in [2.05, 4.69) is 45.0 Å². The van der Waals surface area contributed by atoms with Crippen LogP contribution in [0.15, 0.2) is 24.5 Å². The lowest BCUT2D eigenvalue weighted by atomic mass is 10.1.